The van der Waals surface area contributed by atoms with Crippen LogP contribution in [0.2, 0.25) is 0 Å². The summed E-state index contributed by atoms with van der Waals surface area (Å²) in [6.07, 6.45) is 16.2. The van der Waals surface area contributed by atoms with Crippen molar-refractivity contribution in [2.24, 2.45) is 16.7 Å². The molecular formula is C24H42O4. The van der Waals surface area contributed by atoms with Crippen molar-refractivity contribution in [2.75, 3.05) is 0 Å². The zero-order chi connectivity index (χ0) is 21.0. The van der Waals surface area contributed by atoms with Crippen LogP contribution in [0, 0.1) is 16.7 Å². The van der Waals surface area contributed by atoms with Crippen LogP contribution in [-0.2, 0) is 9.59 Å². The highest BCUT2D eigenvalue weighted by Crippen LogP contribution is 2.55. The van der Waals surface area contributed by atoms with Crippen molar-refractivity contribution in [2.45, 2.75) is 111 Å². The van der Waals surface area contributed by atoms with Gasteiger partial charge in [0.15, 0.2) is 0 Å². The van der Waals surface area contributed by atoms with E-state index in [-0.39, 0.29) is 0 Å². The first kappa shape index (κ1) is 24.7. The van der Waals surface area contributed by atoms with Crippen LogP contribution in [0.5, 0.6) is 0 Å². The maximum atomic E-state index is 12.4. The van der Waals surface area contributed by atoms with Gasteiger partial charge in [-0.1, -0.05) is 97.1 Å². The number of aliphatic carboxylic acids is 2. The molecule has 0 amide bonds. The molecule has 0 saturated heterocycles. The Morgan fingerprint density at radius 2 is 1.21 bits per heavy atom. The van der Waals surface area contributed by atoms with Gasteiger partial charge in [0.05, 0.1) is 10.8 Å². The lowest BCUT2D eigenvalue weighted by molar-refractivity contribution is -0.177. The van der Waals surface area contributed by atoms with Crippen LogP contribution in [0.25, 0.3) is 0 Å². The first-order valence-electron chi connectivity index (χ1n) is 11.4. The fraction of sp³-hybridized carbons (Fsp3) is 0.833. The van der Waals surface area contributed by atoms with Crippen LogP contribution >= 0.6 is 0 Å². The van der Waals surface area contributed by atoms with E-state index in [0.717, 1.165) is 38.0 Å². The molecule has 0 fully saturated rings. The molecule has 2 unspecified atom stereocenters. The Hall–Kier alpha value is -1.32. The molecule has 162 valence electrons. The van der Waals surface area contributed by atoms with Gasteiger partial charge in [0, 0.05) is 0 Å². The maximum absolute atomic E-state index is 12.4. The Kier molecular flexibility index (Phi) is 10.8. The Morgan fingerprint density at radius 1 is 0.786 bits per heavy atom. The summed E-state index contributed by atoms with van der Waals surface area (Å²) in [6, 6.07) is 0. The minimum Gasteiger partial charge on any atom is -0.481 e. The lowest BCUT2D eigenvalue weighted by Crippen LogP contribution is -2.53. The van der Waals surface area contributed by atoms with Gasteiger partial charge >= 0.3 is 11.9 Å². The maximum Gasteiger partial charge on any atom is 0.311 e. The van der Waals surface area contributed by atoms with Crippen LogP contribution in [-0.4, -0.2) is 22.2 Å². The predicted octanol–water partition coefficient (Wildman–Crippen LogP) is 6.84. The van der Waals surface area contributed by atoms with Crippen LogP contribution in [0.1, 0.15) is 111 Å². The largest absolute Gasteiger partial charge is 0.481 e. The average Bonchev–Trinajstić information content (AvgIpc) is 2.65. The van der Waals surface area contributed by atoms with Crippen LogP contribution in [0.3, 0.4) is 0 Å². The van der Waals surface area contributed by atoms with E-state index in [1.807, 2.05) is 19.1 Å². The van der Waals surface area contributed by atoms with Crippen molar-refractivity contribution in [3.8, 4) is 0 Å². The first-order valence-corrected chi connectivity index (χ1v) is 11.4. The van der Waals surface area contributed by atoms with Gasteiger partial charge in [-0.3, -0.25) is 9.59 Å². The van der Waals surface area contributed by atoms with E-state index in [0.29, 0.717) is 25.7 Å². The molecule has 0 bridgehead atoms. The molecule has 0 heterocycles. The zero-order valence-corrected chi connectivity index (χ0v) is 18.3. The van der Waals surface area contributed by atoms with Crippen LogP contribution in [0.15, 0.2) is 12.2 Å². The van der Waals surface area contributed by atoms with E-state index in [1.54, 1.807) is 0 Å². The highest BCUT2D eigenvalue weighted by molar-refractivity contribution is 5.87. The van der Waals surface area contributed by atoms with E-state index >= 15 is 0 Å². The highest BCUT2D eigenvalue weighted by Gasteiger charge is 2.60. The Balaban J connectivity index is 2.62. The third kappa shape index (κ3) is 6.35. The van der Waals surface area contributed by atoms with Gasteiger partial charge in [-0.05, 0) is 31.6 Å². The summed E-state index contributed by atoms with van der Waals surface area (Å²) in [5.74, 6) is -1.08. The number of carboxylic acid groups (broad SMARTS) is 2. The molecule has 4 nitrogen and oxygen atoms in total. The topological polar surface area (TPSA) is 74.6 Å². The summed E-state index contributed by atoms with van der Waals surface area (Å²) in [5, 5.41) is 20.2. The predicted molar refractivity (Wildman–Crippen MR) is 114 cm³/mol. The smallest absolute Gasteiger partial charge is 0.311 e. The Labute approximate surface area is 171 Å². The fourth-order valence-corrected chi connectivity index (χ4v) is 4.78. The molecule has 28 heavy (non-hydrogen) atoms. The van der Waals surface area contributed by atoms with E-state index < -0.39 is 22.8 Å². The van der Waals surface area contributed by atoms with Gasteiger partial charge in [-0.25, -0.2) is 0 Å². The number of unbranched alkanes of at least 4 members (excludes halogenated alkanes) is 7. The molecule has 0 radical (unpaired) electrons. The number of carboxylic acids is 2. The monoisotopic (exact) mass is 394 g/mol. The standard InChI is InChI=1S/C24H42O4/c1-4-5-16-23(21(25)26)18-13-14-19-24(23,22(27)28)17-12-10-8-6-7-9-11-15-20(2)3/h13-14,20H,4-12,15-19H2,1-3H3,(H,25,26)(H,27,28). The molecule has 4 heteroatoms. The summed E-state index contributed by atoms with van der Waals surface area (Å²) in [7, 11) is 0. The van der Waals surface area contributed by atoms with E-state index in [9.17, 15) is 19.8 Å². The molecule has 2 N–H and O–H groups in total. The second-order valence-electron chi connectivity index (χ2n) is 9.17. The van der Waals surface area contributed by atoms with Gasteiger partial charge < -0.3 is 10.2 Å². The van der Waals surface area contributed by atoms with Crippen LogP contribution in [0.4, 0.5) is 0 Å². The fourth-order valence-electron chi connectivity index (χ4n) is 4.78. The van der Waals surface area contributed by atoms with Crippen molar-refractivity contribution >= 4 is 11.9 Å². The average molecular weight is 395 g/mol. The van der Waals surface area contributed by atoms with Gasteiger partial charge in [0.25, 0.3) is 0 Å². The molecule has 0 spiro atoms. The van der Waals surface area contributed by atoms with Crippen molar-refractivity contribution < 1.29 is 19.8 Å². The van der Waals surface area contributed by atoms with E-state index in [1.165, 1.54) is 32.1 Å². The summed E-state index contributed by atoms with van der Waals surface area (Å²) < 4.78 is 0. The number of allylic oxidation sites excluding steroid dienone is 2. The Morgan fingerprint density at radius 3 is 1.64 bits per heavy atom. The van der Waals surface area contributed by atoms with Crippen molar-refractivity contribution in [1.29, 1.82) is 0 Å². The lowest BCUT2D eigenvalue weighted by atomic mass is 9.54. The molecule has 2 atom stereocenters. The molecule has 0 aromatic carbocycles. The molecule has 0 aromatic heterocycles. The van der Waals surface area contributed by atoms with E-state index in [4.69, 9.17) is 0 Å². The molecule has 0 aromatic rings. The number of hydrogen-bond acceptors (Lipinski definition) is 2. The third-order valence-electron chi connectivity index (χ3n) is 6.68. The summed E-state index contributed by atoms with van der Waals surface area (Å²) >= 11 is 0. The second-order valence-corrected chi connectivity index (χ2v) is 9.17. The summed E-state index contributed by atoms with van der Waals surface area (Å²) in [4.78, 5) is 24.6. The minimum absolute atomic E-state index is 0.338. The van der Waals surface area contributed by atoms with Gasteiger partial charge in [-0.2, -0.15) is 0 Å². The van der Waals surface area contributed by atoms with Gasteiger partial charge in [0.1, 0.15) is 0 Å². The Bertz CT molecular complexity index is 511. The minimum atomic E-state index is -1.17. The highest BCUT2D eigenvalue weighted by atomic mass is 16.4. The molecule has 0 aliphatic heterocycles. The molecule has 1 rings (SSSR count). The van der Waals surface area contributed by atoms with Gasteiger partial charge in [-0.15, -0.1) is 0 Å². The number of hydrogen-bond donors (Lipinski definition) is 2. The zero-order valence-electron chi connectivity index (χ0n) is 18.3. The quantitative estimate of drug-likeness (QED) is 0.236. The second kappa shape index (κ2) is 12.3. The molecule has 0 saturated carbocycles. The van der Waals surface area contributed by atoms with E-state index in [2.05, 4.69) is 13.8 Å². The van der Waals surface area contributed by atoms with Crippen molar-refractivity contribution in [1.82, 2.24) is 0 Å². The van der Waals surface area contributed by atoms with Crippen molar-refractivity contribution in [3.63, 3.8) is 0 Å². The summed E-state index contributed by atoms with van der Waals surface area (Å²) in [5.41, 5.74) is -2.33. The number of carbonyl (C=O) groups is 2. The molecular weight excluding hydrogens is 352 g/mol. The van der Waals surface area contributed by atoms with Crippen LogP contribution < -0.4 is 0 Å². The normalized spacial score (nSPS) is 24.6. The van der Waals surface area contributed by atoms with Crippen molar-refractivity contribution in [3.05, 3.63) is 12.2 Å². The molecule has 1 aliphatic carbocycles. The summed E-state index contributed by atoms with van der Waals surface area (Å²) in [6.45, 7) is 6.55. The number of rotatable bonds is 15. The lowest BCUT2D eigenvalue weighted by Gasteiger charge is -2.46. The van der Waals surface area contributed by atoms with Gasteiger partial charge in [0.2, 0.25) is 0 Å². The molecule has 1 aliphatic rings. The third-order valence-corrected chi connectivity index (χ3v) is 6.68. The SMILES string of the molecule is CCCCC1(C(=O)O)CC=CCC1(CCCCCCCCCC(C)C)C(=O)O. The first-order chi connectivity index (χ1) is 13.3.